The molecule has 196 valence electrons. The molecule has 0 aliphatic heterocycles. The monoisotopic (exact) mass is 511 g/mol. The highest BCUT2D eigenvalue weighted by molar-refractivity contribution is 6.06. The minimum Gasteiger partial charge on any atom is -0.469 e. The molecular weight excluding hydrogens is 482 g/mol. The molecule has 1 fully saturated rings. The number of nitro groups is 1. The SMILES string of the molecule is CCOC(=O)C1(C(=O)OCC)C[C@H](CC(=O)OC)[C@@H](C(=O)c2ccc([N+](=O)[O-])cc2)[C@H]1c1ccccc1. The molecular formula is C27H29NO9. The molecule has 0 unspecified atom stereocenters. The van der Waals surface area contributed by atoms with Gasteiger partial charge in [-0.1, -0.05) is 30.3 Å². The first-order valence-electron chi connectivity index (χ1n) is 12.0. The highest BCUT2D eigenvalue weighted by Crippen LogP contribution is 2.59. The molecule has 3 atom stereocenters. The van der Waals surface area contributed by atoms with Crippen molar-refractivity contribution in [3.63, 3.8) is 0 Å². The second-order valence-electron chi connectivity index (χ2n) is 8.74. The Morgan fingerprint density at radius 2 is 1.51 bits per heavy atom. The zero-order valence-corrected chi connectivity index (χ0v) is 20.9. The maximum Gasteiger partial charge on any atom is 0.324 e. The summed E-state index contributed by atoms with van der Waals surface area (Å²) in [6.45, 7) is 3.19. The number of Topliss-reactive ketones (excluding diaryl/α,β-unsaturated/α-hetero) is 1. The number of methoxy groups -OCH3 is 1. The van der Waals surface area contributed by atoms with Crippen LogP contribution in [-0.2, 0) is 28.6 Å². The number of benzene rings is 2. The van der Waals surface area contributed by atoms with Crippen LogP contribution in [-0.4, -0.2) is 48.9 Å². The van der Waals surface area contributed by atoms with Crippen molar-refractivity contribution in [2.75, 3.05) is 20.3 Å². The molecule has 37 heavy (non-hydrogen) atoms. The van der Waals surface area contributed by atoms with E-state index in [4.69, 9.17) is 14.2 Å². The number of non-ortho nitro benzene ring substituents is 1. The lowest BCUT2D eigenvalue weighted by molar-refractivity contribution is -0.384. The Balaban J connectivity index is 2.25. The summed E-state index contributed by atoms with van der Waals surface area (Å²) < 4.78 is 15.6. The molecule has 0 bridgehead atoms. The quantitative estimate of drug-likeness (QED) is 0.116. The Morgan fingerprint density at radius 3 is 2.00 bits per heavy atom. The van der Waals surface area contributed by atoms with Gasteiger partial charge >= 0.3 is 17.9 Å². The van der Waals surface area contributed by atoms with Crippen molar-refractivity contribution in [3.8, 4) is 0 Å². The van der Waals surface area contributed by atoms with E-state index in [1.54, 1.807) is 44.2 Å². The van der Waals surface area contributed by atoms with Gasteiger partial charge in [0.05, 0.1) is 25.2 Å². The normalized spacial score (nSPS) is 20.0. The molecule has 10 nitrogen and oxygen atoms in total. The predicted octanol–water partition coefficient (Wildman–Crippen LogP) is 3.87. The minimum absolute atomic E-state index is 0.00979. The van der Waals surface area contributed by atoms with Crippen LogP contribution in [0.5, 0.6) is 0 Å². The minimum atomic E-state index is -1.90. The second-order valence-corrected chi connectivity index (χ2v) is 8.74. The van der Waals surface area contributed by atoms with Gasteiger partial charge in [0, 0.05) is 36.0 Å². The van der Waals surface area contributed by atoms with E-state index in [0.717, 1.165) is 0 Å². The van der Waals surface area contributed by atoms with Crippen LogP contribution in [0.1, 0.15) is 48.5 Å². The van der Waals surface area contributed by atoms with E-state index < -0.39 is 51.8 Å². The lowest BCUT2D eigenvalue weighted by Gasteiger charge is -2.33. The first-order valence-corrected chi connectivity index (χ1v) is 12.0. The predicted molar refractivity (Wildman–Crippen MR) is 131 cm³/mol. The largest absolute Gasteiger partial charge is 0.469 e. The van der Waals surface area contributed by atoms with Crippen molar-refractivity contribution >= 4 is 29.4 Å². The molecule has 0 saturated heterocycles. The molecule has 0 aromatic heterocycles. The second kappa shape index (κ2) is 11.8. The van der Waals surface area contributed by atoms with Gasteiger partial charge in [-0.2, -0.15) is 0 Å². The van der Waals surface area contributed by atoms with Crippen molar-refractivity contribution in [1.82, 2.24) is 0 Å². The topological polar surface area (TPSA) is 139 Å². The Hall–Kier alpha value is -4.08. The van der Waals surface area contributed by atoms with Gasteiger partial charge in [0.15, 0.2) is 11.2 Å². The van der Waals surface area contributed by atoms with E-state index in [1.807, 2.05) is 0 Å². The highest BCUT2D eigenvalue weighted by atomic mass is 16.6. The number of nitrogens with zero attached hydrogens (tertiary/aromatic N) is 1. The van der Waals surface area contributed by atoms with Crippen LogP contribution in [0.15, 0.2) is 54.6 Å². The third-order valence-corrected chi connectivity index (χ3v) is 6.74. The number of esters is 3. The number of carbonyl (C=O) groups excluding carboxylic acids is 4. The summed E-state index contributed by atoms with van der Waals surface area (Å²) in [7, 11) is 1.21. The van der Waals surface area contributed by atoms with Gasteiger partial charge in [0.25, 0.3) is 5.69 Å². The number of rotatable bonds is 10. The van der Waals surface area contributed by atoms with Crippen LogP contribution in [0.3, 0.4) is 0 Å². The van der Waals surface area contributed by atoms with Crippen LogP contribution < -0.4 is 0 Å². The van der Waals surface area contributed by atoms with E-state index in [-0.39, 0.29) is 37.3 Å². The van der Waals surface area contributed by atoms with Gasteiger partial charge in [0.2, 0.25) is 0 Å². The highest BCUT2D eigenvalue weighted by Gasteiger charge is 2.66. The fourth-order valence-corrected chi connectivity index (χ4v) is 5.22. The molecule has 0 spiro atoms. The molecule has 1 aliphatic rings. The van der Waals surface area contributed by atoms with E-state index >= 15 is 0 Å². The van der Waals surface area contributed by atoms with E-state index in [1.165, 1.54) is 31.4 Å². The van der Waals surface area contributed by atoms with Crippen molar-refractivity contribution in [3.05, 3.63) is 75.8 Å². The third-order valence-electron chi connectivity index (χ3n) is 6.74. The summed E-state index contributed by atoms with van der Waals surface area (Å²) in [6, 6.07) is 13.7. The molecule has 0 radical (unpaired) electrons. The van der Waals surface area contributed by atoms with Gasteiger partial charge in [-0.15, -0.1) is 0 Å². The summed E-state index contributed by atoms with van der Waals surface area (Å²) in [5, 5.41) is 11.1. The molecule has 1 aliphatic carbocycles. The van der Waals surface area contributed by atoms with Crippen molar-refractivity contribution in [2.45, 2.75) is 32.6 Å². The molecule has 0 N–H and O–H groups in total. The summed E-state index contributed by atoms with van der Waals surface area (Å²) in [6.07, 6.45) is -0.410. The number of ketones is 1. The lowest BCUT2D eigenvalue weighted by atomic mass is 9.70. The van der Waals surface area contributed by atoms with Crippen molar-refractivity contribution in [1.29, 1.82) is 0 Å². The molecule has 10 heteroatoms. The number of ether oxygens (including phenoxy) is 3. The van der Waals surface area contributed by atoms with Gasteiger partial charge in [-0.25, -0.2) is 0 Å². The van der Waals surface area contributed by atoms with E-state index in [0.29, 0.717) is 5.56 Å². The van der Waals surface area contributed by atoms with Crippen LogP contribution >= 0.6 is 0 Å². The fourth-order valence-electron chi connectivity index (χ4n) is 5.22. The van der Waals surface area contributed by atoms with E-state index in [2.05, 4.69) is 0 Å². The van der Waals surface area contributed by atoms with Crippen molar-refractivity contribution < 1.29 is 38.3 Å². The molecule has 2 aromatic rings. The van der Waals surface area contributed by atoms with Gasteiger partial charge < -0.3 is 14.2 Å². The first kappa shape index (κ1) is 27.5. The standard InChI is InChI=1S/C27H29NO9/c1-4-36-25(31)27(26(32)37-5-2)16-19(15-21(29)35-3)22(23(27)17-9-7-6-8-10-17)24(30)18-11-13-20(14-12-18)28(33)34/h6-14,19,22-23H,4-5,15-16H2,1-3H3/t19-,22+,23+/m0/s1. The maximum atomic E-state index is 14.0. The molecule has 0 amide bonds. The fraction of sp³-hybridized carbons (Fsp3) is 0.407. The Labute approximate surface area is 214 Å². The number of carbonyl (C=O) groups is 4. The molecule has 3 rings (SSSR count). The molecule has 0 heterocycles. The zero-order chi connectivity index (χ0) is 27.2. The van der Waals surface area contributed by atoms with Gasteiger partial charge in [0.1, 0.15) is 0 Å². The summed E-state index contributed by atoms with van der Waals surface area (Å²) in [5.74, 6) is -5.59. The number of hydrogen-bond acceptors (Lipinski definition) is 9. The molecule has 1 saturated carbocycles. The van der Waals surface area contributed by atoms with Crippen LogP contribution in [0.4, 0.5) is 5.69 Å². The number of hydrogen-bond donors (Lipinski definition) is 0. The summed E-state index contributed by atoms with van der Waals surface area (Å²) in [5.41, 5.74) is -1.42. The third kappa shape index (κ3) is 5.37. The maximum absolute atomic E-state index is 14.0. The van der Waals surface area contributed by atoms with Crippen LogP contribution in [0, 0.1) is 27.4 Å². The first-order chi connectivity index (χ1) is 17.7. The Kier molecular flexibility index (Phi) is 8.75. The van der Waals surface area contributed by atoms with Crippen molar-refractivity contribution in [2.24, 2.45) is 17.3 Å². The summed E-state index contributed by atoms with van der Waals surface area (Å²) >= 11 is 0. The van der Waals surface area contributed by atoms with Crippen LogP contribution in [0.25, 0.3) is 0 Å². The van der Waals surface area contributed by atoms with Gasteiger partial charge in [-0.3, -0.25) is 29.3 Å². The average Bonchev–Trinajstić information content (AvgIpc) is 3.24. The van der Waals surface area contributed by atoms with Crippen LogP contribution in [0.2, 0.25) is 0 Å². The molecule has 2 aromatic carbocycles. The smallest absolute Gasteiger partial charge is 0.324 e. The average molecular weight is 512 g/mol. The van der Waals surface area contributed by atoms with E-state index in [9.17, 15) is 29.3 Å². The lowest BCUT2D eigenvalue weighted by Crippen LogP contribution is -2.45. The number of nitro benzene ring substituents is 1. The zero-order valence-electron chi connectivity index (χ0n) is 20.9. The summed E-state index contributed by atoms with van der Waals surface area (Å²) in [4.78, 5) is 64.1. The van der Waals surface area contributed by atoms with Gasteiger partial charge in [-0.05, 0) is 43.9 Å². The Morgan fingerprint density at radius 1 is 0.946 bits per heavy atom. The Bertz CT molecular complexity index is 1140.